The summed E-state index contributed by atoms with van der Waals surface area (Å²) in [5.74, 6) is 0.443. The van der Waals surface area contributed by atoms with Gasteiger partial charge in [0.25, 0.3) is 0 Å². The van der Waals surface area contributed by atoms with E-state index in [0.717, 1.165) is 16.3 Å². The molecule has 0 unspecified atom stereocenters. The lowest BCUT2D eigenvalue weighted by Crippen LogP contribution is -1.93. The van der Waals surface area contributed by atoms with Crippen LogP contribution in [0, 0.1) is 5.82 Å². The van der Waals surface area contributed by atoms with Crippen molar-refractivity contribution in [1.82, 2.24) is 4.98 Å². The lowest BCUT2D eigenvalue weighted by molar-refractivity contribution is 0.417. The Morgan fingerprint density at radius 2 is 2.05 bits per heavy atom. The normalized spacial score (nSPS) is 10.6. The number of benzene rings is 2. The van der Waals surface area contributed by atoms with Crippen molar-refractivity contribution in [3.63, 3.8) is 0 Å². The highest BCUT2D eigenvalue weighted by molar-refractivity contribution is 7.10. The van der Waals surface area contributed by atoms with Crippen LogP contribution in [0.1, 0.15) is 10.6 Å². The number of rotatable bonds is 4. The summed E-state index contributed by atoms with van der Waals surface area (Å²) in [6.45, 7) is 0. The second kappa shape index (κ2) is 6.15. The van der Waals surface area contributed by atoms with Crippen molar-refractivity contribution in [1.29, 1.82) is 0 Å². The molecule has 3 aromatic rings. The predicted octanol–water partition coefficient (Wildman–Crippen LogP) is 4.13. The summed E-state index contributed by atoms with van der Waals surface area (Å²) in [5, 5.41) is 2.83. The van der Waals surface area contributed by atoms with Crippen LogP contribution in [0.3, 0.4) is 0 Å². The highest BCUT2D eigenvalue weighted by atomic mass is 32.1. The van der Waals surface area contributed by atoms with Crippen LogP contribution in [0.25, 0.3) is 11.3 Å². The first-order valence-electron chi connectivity index (χ1n) is 6.79. The van der Waals surface area contributed by atoms with Gasteiger partial charge in [-0.15, -0.1) is 11.3 Å². The average molecular weight is 314 g/mol. The number of hydrogen-bond donors (Lipinski definition) is 1. The van der Waals surface area contributed by atoms with Gasteiger partial charge in [-0.25, -0.2) is 9.37 Å². The molecular weight excluding hydrogens is 299 g/mol. The average Bonchev–Trinajstić information content (AvgIpc) is 2.98. The number of nitrogens with two attached hydrogens (primary N) is 1. The highest BCUT2D eigenvalue weighted by Crippen LogP contribution is 2.29. The molecule has 0 aliphatic carbocycles. The Labute approximate surface area is 132 Å². The lowest BCUT2D eigenvalue weighted by Gasteiger charge is -2.05. The molecular formula is C17H15FN2OS. The van der Waals surface area contributed by atoms with Crippen molar-refractivity contribution in [3.05, 3.63) is 64.2 Å². The number of hydrogen-bond acceptors (Lipinski definition) is 4. The van der Waals surface area contributed by atoms with Crippen molar-refractivity contribution in [2.24, 2.45) is 0 Å². The van der Waals surface area contributed by atoms with E-state index in [4.69, 9.17) is 10.5 Å². The molecule has 0 bridgehead atoms. The minimum absolute atomic E-state index is 0.201. The maximum absolute atomic E-state index is 13.7. The fourth-order valence-electron chi connectivity index (χ4n) is 2.22. The van der Waals surface area contributed by atoms with E-state index in [2.05, 4.69) is 4.98 Å². The minimum atomic E-state index is -0.201. The van der Waals surface area contributed by atoms with E-state index in [1.54, 1.807) is 19.2 Å². The van der Waals surface area contributed by atoms with Crippen molar-refractivity contribution in [2.75, 3.05) is 12.8 Å². The van der Waals surface area contributed by atoms with Crippen LogP contribution in [0.2, 0.25) is 0 Å². The first-order valence-corrected chi connectivity index (χ1v) is 7.67. The van der Waals surface area contributed by atoms with Crippen LogP contribution < -0.4 is 10.5 Å². The van der Waals surface area contributed by atoms with E-state index < -0.39 is 0 Å². The van der Waals surface area contributed by atoms with Gasteiger partial charge in [-0.2, -0.15) is 0 Å². The number of nitrogens with zero attached hydrogens (tertiary/aromatic N) is 1. The Morgan fingerprint density at radius 1 is 1.23 bits per heavy atom. The quantitative estimate of drug-likeness (QED) is 0.737. The van der Waals surface area contributed by atoms with Crippen molar-refractivity contribution in [3.8, 4) is 17.0 Å². The third-order valence-electron chi connectivity index (χ3n) is 3.38. The monoisotopic (exact) mass is 314 g/mol. The van der Waals surface area contributed by atoms with Gasteiger partial charge in [0.15, 0.2) is 0 Å². The van der Waals surface area contributed by atoms with Gasteiger partial charge in [0.2, 0.25) is 0 Å². The van der Waals surface area contributed by atoms with Crippen molar-refractivity contribution in [2.45, 2.75) is 6.42 Å². The Kier molecular flexibility index (Phi) is 4.06. The van der Waals surface area contributed by atoms with Gasteiger partial charge in [-0.05, 0) is 29.8 Å². The molecule has 2 N–H and O–H groups in total. The summed E-state index contributed by atoms with van der Waals surface area (Å²) in [6.07, 6.45) is 0.489. The third-order valence-corrected chi connectivity index (χ3v) is 4.23. The number of thiazole rings is 1. The Morgan fingerprint density at radius 3 is 2.77 bits per heavy atom. The lowest BCUT2D eigenvalue weighted by atomic mass is 10.1. The van der Waals surface area contributed by atoms with E-state index in [1.165, 1.54) is 17.4 Å². The SMILES string of the molecule is COc1ccc(-c2csc(Cc3ccccc3F)n2)cc1N. The zero-order chi connectivity index (χ0) is 15.5. The summed E-state index contributed by atoms with van der Waals surface area (Å²) in [4.78, 5) is 4.57. The number of anilines is 1. The summed E-state index contributed by atoms with van der Waals surface area (Å²) < 4.78 is 18.8. The molecule has 0 fully saturated rings. The number of nitrogen functional groups attached to an aromatic ring is 1. The van der Waals surface area contributed by atoms with Gasteiger partial charge in [0.1, 0.15) is 11.6 Å². The molecule has 5 heteroatoms. The van der Waals surface area contributed by atoms with Crippen LogP contribution in [0.4, 0.5) is 10.1 Å². The first kappa shape index (κ1) is 14.5. The fourth-order valence-corrected chi connectivity index (χ4v) is 3.05. The van der Waals surface area contributed by atoms with E-state index in [1.807, 2.05) is 29.6 Å². The van der Waals surface area contributed by atoms with Gasteiger partial charge >= 0.3 is 0 Å². The summed E-state index contributed by atoms with van der Waals surface area (Å²) >= 11 is 1.51. The van der Waals surface area contributed by atoms with Crippen LogP contribution in [0.15, 0.2) is 47.8 Å². The topological polar surface area (TPSA) is 48.1 Å². The molecule has 0 saturated carbocycles. The summed E-state index contributed by atoms with van der Waals surface area (Å²) in [6, 6.07) is 12.3. The van der Waals surface area contributed by atoms with Gasteiger partial charge in [0, 0.05) is 17.4 Å². The van der Waals surface area contributed by atoms with Gasteiger partial charge in [-0.3, -0.25) is 0 Å². The maximum atomic E-state index is 13.7. The molecule has 22 heavy (non-hydrogen) atoms. The molecule has 0 atom stereocenters. The molecule has 0 saturated heterocycles. The van der Waals surface area contributed by atoms with Gasteiger partial charge < -0.3 is 10.5 Å². The fraction of sp³-hybridized carbons (Fsp3) is 0.118. The van der Waals surface area contributed by atoms with Crippen LogP contribution in [-0.2, 0) is 6.42 Å². The second-order valence-corrected chi connectivity index (χ2v) is 5.79. The van der Waals surface area contributed by atoms with Gasteiger partial charge in [-0.1, -0.05) is 18.2 Å². The molecule has 0 radical (unpaired) electrons. The van der Waals surface area contributed by atoms with E-state index in [0.29, 0.717) is 23.4 Å². The first-order chi connectivity index (χ1) is 10.7. The van der Waals surface area contributed by atoms with Crippen LogP contribution in [-0.4, -0.2) is 12.1 Å². The predicted molar refractivity (Wildman–Crippen MR) is 87.7 cm³/mol. The largest absolute Gasteiger partial charge is 0.495 e. The summed E-state index contributed by atoms with van der Waals surface area (Å²) in [7, 11) is 1.58. The molecule has 1 aromatic heterocycles. The zero-order valence-corrected chi connectivity index (χ0v) is 12.9. The minimum Gasteiger partial charge on any atom is -0.495 e. The molecule has 3 rings (SSSR count). The Hall–Kier alpha value is -2.40. The molecule has 0 amide bonds. The molecule has 1 heterocycles. The number of halogens is 1. The molecule has 3 nitrogen and oxygen atoms in total. The number of aromatic nitrogens is 1. The Bertz CT molecular complexity index is 801. The Balaban J connectivity index is 1.85. The van der Waals surface area contributed by atoms with Gasteiger partial charge in [0.05, 0.1) is 23.5 Å². The number of ether oxygens (including phenoxy) is 1. The van der Waals surface area contributed by atoms with Crippen LogP contribution in [0.5, 0.6) is 5.75 Å². The van der Waals surface area contributed by atoms with Crippen LogP contribution >= 0.6 is 11.3 Å². The van der Waals surface area contributed by atoms with E-state index in [-0.39, 0.29) is 5.82 Å². The molecule has 112 valence electrons. The third kappa shape index (κ3) is 2.94. The number of methoxy groups -OCH3 is 1. The summed E-state index contributed by atoms with van der Waals surface area (Å²) in [5.41, 5.74) is 8.91. The zero-order valence-electron chi connectivity index (χ0n) is 12.0. The molecule has 0 aliphatic rings. The van der Waals surface area contributed by atoms with E-state index in [9.17, 15) is 4.39 Å². The van der Waals surface area contributed by atoms with Crippen molar-refractivity contribution < 1.29 is 9.13 Å². The molecule has 0 spiro atoms. The molecule has 2 aromatic carbocycles. The van der Waals surface area contributed by atoms with Crippen molar-refractivity contribution >= 4 is 17.0 Å². The highest BCUT2D eigenvalue weighted by Gasteiger charge is 2.09. The standard InChI is InChI=1S/C17H15FN2OS/c1-21-16-7-6-12(8-14(16)19)15-10-22-17(20-15)9-11-4-2-3-5-13(11)18/h2-8,10H,9,19H2,1H3. The second-order valence-electron chi connectivity index (χ2n) is 4.85. The van der Waals surface area contributed by atoms with E-state index >= 15 is 0 Å². The smallest absolute Gasteiger partial charge is 0.141 e. The maximum Gasteiger partial charge on any atom is 0.141 e. The molecule has 0 aliphatic heterocycles.